The van der Waals surface area contributed by atoms with Crippen LogP contribution in [0.1, 0.15) is 5.56 Å². The van der Waals surface area contributed by atoms with Crippen LogP contribution in [0, 0.1) is 11.3 Å². The molecule has 0 saturated heterocycles. The number of benzene rings is 7. The summed E-state index contributed by atoms with van der Waals surface area (Å²) in [6, 6.07) is 55.5. The van der Waals surface area contributed by atoms with Crippen molar-refractivity contribution < 1.29 is 4.42 Å². The van der Waals surface area contributed by atoms with Gasteiger partial charge in [-0.15, -0.1) is 11.3 Å². The Hall–Kier alpha value is -5.95. The highest BCUT2D eigenvalue weighted by molar-refractivity contribution is 7.26. The van der Waals surface area contributed by atoms with Gasteiger partial charge >= 0.3 is 0 Å². The average molecular weight is 604 g/mol. The molecule has 0 N–H and O–H groups in total. The number of hydrogen-bond acceptors (Lipinski definition) is 3. The monoisotopic (exact) mass is 603 g/mol. The lowest BCUT2D eigenvalue weighted by Gasteiger charge is -2.17. The lowest BCUT2D eigenvalue weighted by Crippen LogP contribution is -1.92. The molecule has 0 unspecified atom stereocenters. The number of rotatable bonds is 4. The number of hydrogen-bond donors (Lipinski definition) is 0. The van der Waals surface area contributed by atoms with Gasteiger partial charge in [-0.2, -0.15) is 5.26 Å². The van der Waals surface area contributed by atoms with Gasteiger partial charge in [0.15, 0.2) is 0 Å². The van der Waals surface area contributed by atoms with E-state index in [-0.39, 0.29) is 0 Å². The number of furan rings is 1. The van der Waals surface area contributed by atoms with E-state index < -0.39 is 0 Å². The van der Waals surface area contributed by atoms with Crippen molar-refractivity contribution >= 4 is 53.4 Å². The number of thiophene rings is 1. The zero-order valence-electron chi connectivity index (χ0n) is 24.7. The molecule has 2 nitrogen and oxygen atoms in total. The molecule has 0 aliphatic rings. The fourth-order valence-electron chi connectivity index (χ4n) is 6.81. The van der Waals surface area contributed by atoms with E-state index in [2.05, 4.69) is 121 Å². The van der Waals surface area contributed by atoms with Gasteiger partial charge in [-0.3, -0.25) is 0 Å². The SMILES string of the molecule is N#Cc1ccccc1-c1ccccc1-c1cc(-c2ccc3c(c2)oc2ccccc23)ccc1-c1cccc2c1sc1ccccc12. The van der Waals surface area contributed by atoms with Crippen LogP contribution in [-0.4, -0.2) is 0 Å². The summed E-state index contributed by atoms with van der Waals surface area (Å²) < 4.78 is 8.83. The molecule has 0 saturated carbocycles. The molecule has 0 fully saturated rings. The summed E-state index contributed by atoms with van der Waals surface area (Å²) in [6.45, 7) is 0. The third-order valence-electron chi connectivity index (χ3n) is 8.98. The van der Waals surface area contributed by atoms with Crippen molar-refractivity contribution in [2.75, 3.05) is 0 Å². The van der Waals surface area contributed by atoms with Crippen LogP contribution in [0.2, 0.25) is 0 Å². The van der Waals surface area contributed by atoms with Crippen molar-refractivity contribution in [3.63, 3.8) is 0 Å². The minimum atomic E-state index is 0.662. The Bertz CT molecular complexity index is 2670. The highest BCUT2D eigenvalue weighted by atomic mass is 32.1. The predicted octanol–water partition coefficient (Wildman–Crippen LogP) is 12.5. The highest BCUT2D eigenvalue weighted by Crippen LogP contribution is 2.46. The van der Waals surface area contributed by atoms with Gasteiger partial charge in [0.2, 0.25) is 0 Å². The molecule has 7 aromatic carbocycles. The van der Waals surface area contributed by atoms with Gasteiger partial charge in [0, 0.05) is 42.1 Å². The van der Waals surface area contributed by atoms with E-state index in [4.69, 9.17) is 4.42 Å². The van der Waals surface area contributed by atoms with Gasteiger partial charge in [-0.1, -0.05) is 115 Å². The largest absolute Gasteiger partial charge is 0.456 e. The van der Waals surface area contributed by atoms with Crippen molar-refractivity contribution in [3.8, 4) is 50.6 Å². The van der Waals surface area contributed by atoms with E-state index in [1.807, 2.05) is 47.7 Å². The molecule has 0 aliphatic carbocycles. The molecule has 2 heterocycles. The maximum Gasteiger partial charge on any atom is 0.136 e. The molecule has 0 spiro atoms. The smallest absolute Gasteiger partial charge is 0.136 e. The lowest BCUT2D eigenvalue weighted by molar-refractivity contribution is 0.669. The summed E-state index contributed by atoms with van der Waals surface area (Å²) in [5.74, 6) is 0. The van der Waals surface area contributed by atoms with Crippen molar-refractivity contribution in [2.24, 2.45) is 0 Å². The van der Waals surface area contributed by atoms with Crippen molar-refractivity contribution in [3.05, 3.63) is 157 Å². The van der Waals surface area contributed by atoms with Gasteiger partial charge in [0.05, 0.1) is 11.6 Å². The molecule has 9 rings (SSSR count). The topological polar surface area (TPSA) is 36.9 Å². The van der Waals surface area contributed by atoms with E-state index in [1.54, 1.807) is 0 Å². The van der Waals surface area contributed by atoms with Crippen molar-refractivity contribution in [1.82, 2.24) is 0 Å². The lowest BCUT2D eigenvalue weighted by atomic mass is 9.86. The van der Waals surface area contributed by atoms with Crippen LogP contribution in [0.4, 0.5) is 0 Å². The number of nitriles is 1. The molecule has 214 valence electrons. The molecule has 0 radical (unpaired) electrons. The average Bonchev–Trinajstić information content (AvgIpc) is 3.69. The quantitative estimate of drug-likeness (QED) is 0.201. The first-order chi connectivity index (χ1) is 22.8. The summed E-state index contributed by atoms with van der Waals surface area (Å²) in [7, 11) is 0. The van der Waals surface area contributed by atoms with Gasteiger partial charge in [-0.05, 0) is 69.8 Å². The summed E-state index contributed by atoms with van der Waals surface area (Å²) in [4.78, 5) is 0. The minimum absolute atomic E-state index is 0.662. The Morgan fingerprint density at radius 1 is 0.435 bits per heavy atom. The first kappa shape index (κ1) is 26.5. The molecule has 0 aliphatic heterocycles. The second-order valence-corrected chi connectivity index (χ2v) is 12.6. The maximum atomic E-state index is 10.0. The Balaban J connectivity index is 1.31. The molecular formula is C43H25NOS. The van der Waals surface area contributed by atoms with Crippen LogP contribution in [-0.2, 0) is 0 Å². The molecule has 0 atom stereocenters. The van der Waals surface area contributed by atoms with Crippen LogP contribution in [0.3, 0.4) is 0 Å². The van der Waals surface area contributed by atoms with Crippen molar-refractivity contribution in [1.29, 1.82) is 5.26 Å². The first-order valence-electron chi connectivity index (χ1n) is 15.3. The number of para-hydroxylation sites is 1. The van der Waals surface area contributed by atoms with Gasteiger partial charge in [-0.25, -0.2) is 0 Å². The summed E-state index contributed by atoms with van der Waals surface area (Å²) in [5.41, 5.74) is 11.2. The minimum Gasteiger partial charge on any atom is -0.456 e. The van der Waals surface area contributed by atoms with Gasteiger partial charge in [0.1, 0.15) is 11.2 Å². The normalized spacial score (nSPS) is 11.5. The second-order valence-electron chi connectivity index (χ2n) is 11.6. The van der Waals surface area contributed by atoms with Crippen LogP contribution in [0.15, 0.2) is 156 Å². The molecule has 0 amide bonds. The van der Waals surface area contributed by atoms with Gasteiger partial charge in [0.25, 0.3) is 0 Å². The summed E-state index contributed by atoms with van der Waals surface area (Å²) >= 11 is 1.84. The van der Waals surface area contributed by atoms with Crippen LogP contribution in [0.25, 0.3) is 86.6 Å². The van der Waals surface area contributed by atoms with Gasteiger partial charge < -0.3 is 4.42 Å². The molecule has 0 bridgehead atoms. The maximum absolute atomic E-state index is 10.0. The Labute approximate surface area is 270 Å². The predicted molar refractivity (Wildman–Crippen MR) is 193 cm³/mol. The number of fused-ring (bicyclic) bond motifs is 6. The zero-order chi connectivity index (χ0) is 30.6. The van der Waals surface area contributed by atoms with E-state index in [0.717, 1.165) is 60.9 Å². The second kappa shape index (κ2) is 10.6. The van der Waals surface area contributed by atoms with E-state index in [1.165, 1.54) is 25.7 Å². The summed E-state index contributed by atoms with van der Waals surface area (Å²) in [5, 5.41) is 14.8. The Kier molecular flexibility index (Phi) is 6.09. The molecule has 9 aromatic rings. The Morgan fingerprint density at radius 3 is 1.91 bits per heavy atom. The Morgan fingerprint density at radius 2 is 1.04 bits per heavy atom. The third-order valence-corrected chi connectivity index (χ3v) is 10.2. The van der Waals surface area contributed by atoms with E-state index >= 15 is 0 Å². The van der Waals surface area contributed by atoms with Crippen LogP contribution < -0.4 is 0 Å². The van der Waals surface area contributed by atoms with Crippen LogP contribution in [0.5, 0.6) is 0 Å². The molecule has 2 aromatic heterocycles. The van der Waals surface area contributed by atoms with Crippen LogP contribution >= 0.6 is 11.3 Å². The van der Waals surface area contributed by atoms with E-state index in [0.29, 0.717) is 5.56 Å². The fraction of sp³-hybridized carbons (Fsp3) is 0. The van der Waals surface area contributed by atoms with E-state index in [9.17, 15) is 5.26 Å². The highest BCUT2D eigenvalue weighted by Gasteiger charge is 2.19. The standard InChI is InChI=1S/C43H25NOS/c44-26-29-10-1-2-11-30(29)31-12-3-4-13-32(31)39-24-27(28-21-23-35-34-14-5-7-18-40(34)45-41(35)25-28)20-22-33(39)37-16-9-17-38-36-15-6-8-19-42(36)46-43(37)38/h1-25H. The molecule has 46 heavy (non-hydrogen) atoms. The first-order valence-corrected chi connectivity index (χ1v) is 16.1. The molecular weight excluding hydrogens is 579 g/mol. The van der Waals surface area contributed by atoms with Crippen molar-refractivity contribution in [2.45, 2.75) is 0 Å². The third kappa shape index (κ3) is 4.16. The number of nitrogens with zero attached hydrogens (tertiary/aromatic N) is 1. The molecule has 3 heteroatoms. The zero-order valence-corrected chi connectivity index (χ0v) is 25.5. The summed E-state index contributed by atoms with van der Waals surface area (Å²) in [6.07, 6.45) is 0. The fourth-order valence-corrected chi connectivity index (χ4v) is 8.04.